The van der Waals surface area contributed by atoms with Crippen LogP contribution in [0.25, 0.3) is 0 Å². The molecule has 9 atom stereocenters. The number of alkyl halides is 4. The number of amides is 1. The van der Waals surface area contributed by atoms with Crippen LogP contribution in [-0.4, -0.2) is 58.1 Å². The van der Waals surface area contributed by atoms with Crippen LogP contribution in [0, 0.1) is 35.0 Å². The van der Waals surface area contributed by atoms with Crippen LogP contribution in [0.3, 0.4) is 0 Å². The smallest absolute Gasteiger partial charge is 0.351 e. The number of carbonyl (C=O) groups excluding carboxylic acids is 1. The van der Waals surface area contributed by atoms with Gasteiger partial charge in [0, 0.05) is 38.1 Å². The zero-order chi connectivity index (χ0) is 27.9. The fraction of sp³-hybridized carbons (Fsp3) is 0.857. The Hall–Kier alpha value is -1.88. The Morgan fingerprint density at radius 3 is 2.51 bits per heavy atom. The van der Waals surface area contributed by atoms with E-state index in [2.05, 4.69) is 16.0 Å². The average molecular weight is 557 g/mol. The van der Waals surface area contributed by atoms with Gasteiger partial charge in [-0.2, -0.15) is 13.2 Å². The number of rotatable bonds is 7. The zero-order valence-corrected chi connectivity index (χ0v) is 23.0. The number of nitrogens with one attached hydrogen (secondary N) is 4. The highest BCUT2D eigenvalue weighted by Crippen LogP contribution is 2.43. The number of aromatic nitrogens is 2. The highest BCUT2D eigenvalue weighted by atomic mass is 19.4. The van der Waals surface area contributed by atoms with Crippen LogP contribution >= 0.6 is 0 Å². The zero-order valence-electron chi connectivity index (χ0n) is 23.0. The molecule has 0 bridgehead atoms. The first-order valence-corrected chi connectivity index (χ1v) is 14.8. The van der Waals surface area contributed by atoms with E-state index in [0.29, 0.717) is 56.7 Å². The highest BCUT2D eigenvalue weighted by Gasteiger charge is 2.50. The molecule has 4 fully saturated rings. The summed E-state index contributed by atoms with van der Waals surface area (Å²) in [5.74, 6) is -0.229. The van der Waals surface area contributed by atoms with Crippen LogP contribution in [0.2, 0.25) is 0 Å². The molecule has 2 saturated carbocycles. The summed E-state index contributed by atoms with van der Waals surface area (Å²) < 4.78 is 59.7. The maximum absolute atomic E-state index is 14.2. The summed E-state index contributed by atoms with van der Waals surface area (Å²) in [4.78, 5) is 13.8. The van der Waals surface area contributed by atoms with Crippen molar-refractivity contribution in [3.63, 3.8) is 0 Å². The monoisotopic (exact) mass is 556 g/mol. The highest BCUT2D eigenvalue weighted by molar-refractivity contribution is 5.82. The van der Waals surface area contributed by atoms with Gasteiger partial charge in [0.2, 0.25) is 11.5 Å². The predicted molar refractivity (Wildman–Crippen MR) is 139 cm³/mol. The summed E-state index contributed by atoms with van der Waals surface area (Å²) in [6.07, 6.45) is 4.75. The Morgan fingerprint density at radius 1 is 1.13 bits per heavy atom. The molecule has 39 heavy (non-hydrogen) atoms. The first-order valence-electron chi connectivity index (χ1n) is 14.8. The minimum absolute atomic E-state index is 0.00399. The Kier molecular flexibility index (Phi) is 8.48. The standard InChI is InChI=1S/C28H44F4N6O/c1-16-12-19(7-8-21(16)29)24(18-5-6-18)36-26(39)23-14-17(15-38-11-10-37(2)27(38)33)13-22(35-23)20-4-3-9-34-25(20)28(30,31)32/h10-11,16-25,33-35H,3-9,12-15H2,1-2H3,(H,36,39)/t16?,17?,19?,20?,21?,22?,23?,24-,25?/m0/s1. The van der Waals surface area contributed by atoms with Gasteiger partial charge in [-0.1, -0.05) is 6.92 Å². The third-order valence-electron chi connectivity index (χ3n) is 9.85. The largest absolute Gasteiger partial charge is 0.404 e. The third-order valence-corrected chi connectivity index (χ3v) is 9.85. The minimum atomic E-state index is -4.36. The van der Waals surface area contributed by atoms with Crippen molar-refractivity contribution >= 4 is 5.91 Å². The summed E-state index contributed by atoms with van der Waals surface area (Å²) in [5.41, 5.74) is 0.324. The lowest BCUT2D eigenvalue weighted by Crippen LogP contribution is -2.63. The van der Waals surface area contributed by atoms with Gasteiger partial charge in [-0.05, 0) is 93.9 Å². The maximum atomic E-state index is 14.2. The Morgan fingerprint density at radius 2 is 1.87 bits per heavy atom. The number of hydrogen-bond donors (Lipinski definition) is 4. The van der Waals surface area contributed by atoms with Gasteiger partial charge in [0.25, 0.3) is 0 Å². The molecule has 4 aliphatic rings. The second kappa shape index (κ2) is 11.5. The van der Waals surface area contributed by atoms with E-state index >= 15 is 0 Å². The van der Waals surface area contributed by atoms with Gasteiger partial charge < -0.3 is 25.1 Å². The minimum Gasteiger partial charge on any atom is -0.351 e. The quantitative estimate of drug-likeness (QED) is 0.387. The van der Waals surface area contributed by atoms with Gasteiger partial charge >= 0.3 is 6.18 Å². The molecule has 1 amide bonds. The Bertz CT molecular complexity index is 1050. The van der Waals surface area contributed by atoms with E-state index < -0.39 is 36.4 Å². The van der Waals surface area contributed by atoms with Crippen LogP contribution in [0.5, 0.6) is 0 Å². The van der Waals surface area contributed by atoms with E-state index in [4.69, 9.17) is 5.41 Å². The molecule has 1 aromatic heterocycles. The number of hydrogen-bond acceptors (Lipinski definition) is 4. The molecule has 8 unspecified atom stereocenters. The lowest BCUT2D eigenvalue weighted by molar-refractivity contribution is -0.176. The fourth-order valence-corrected chi connectivity index (χ4v) is 7.54. The molecule has 11 heteroatoms. The van der Waals surface area contributed by atoms with Crippen LogP contribution in [0.1, 0.15) is 64.7 Å². The second-order valence-corrected chi connectivity index (χ2v) is 12.8. The molecule has 0 aromatic carbocycles. The topological polar surface area (TPSA) is 86.9 Å². The molecule has 0 spiro atoms. The van der Waals surface area contributed by atoms with Gasteiger partial charge in [0.05, 0.1) is 6.04 Å². The molecule has 5 rings (SSSR count). The van der Waals surface area contributed by atoms with Gasteiger partial charge in [-0.3, -0.25) is 10.2 Å². The molecule has 4 N–H and O–H groups in total. The van der Waals surface area contributed by atoms with E-state index in [0.717, 1.165) is 25.7 Å². The molecule has 2 saturated heterocycles. The first kappa shape index (κ1) is 28.6. The Balaban J connectivity index is 1.34. The molecular weight excluding hydrogens is 512 g/mol. The van der Waals surface area contributed by atoms with E-state index in [9.17, 15) is 22.4 Å². The van der Waals surface area contributed by atoms with Gasteiger partial charge in [-0.25, -0.2) is 4.39 Å². The van der Waals surface area contributed by atoms with Gasteiger partial charge in [0.15, 0.2) is 0 Å². The van der Waals surface area contributed by atoms with Crippen molar-refractivity contribution < 1.29 is 22.4 Å². The third kappa shape index (κ3) is 6.55. The SMILES string of the molecule is CC1CC([C@@H](NC(=O)C2CC(Cn3ccn(C)c3=N)CC(C3CCCNC3C(F)(F)F)N2)C2CC2)CCC1F. The first-order chi connectivity index (χ1) is 18.5. The predicted octanol–water partition coefficient (Wildman–Crippen LogP) is 3.64. The van der Waals surface area contributed by atoms with Crippen molar-refractivity contribution in [1.82, 2.24) is 25.1 Å². The van der Waals surface area contributed by atoms with Crippen molar-refractivity contribution in [3.05, 3.63) is 18.0 Å². The van der Waals surface area contributed by atoms with Crippen molar-refractivity contribution in [2.45, 2.75) is 108 Å². The lowest BCUT2D eigenvalue weighted by atomic mass is 9.75. The number of piperidine rings is 2. The summed E-state index contributed by atoms with van der Waals surface area (Å²) in [5, 5.41) is 17.7. The normalized spacial score (nSPS) is 36.9. The van der Waals surface area contributed by atoms with Crippen LogP contribution in [-0.2, 0) is 18.4 Å². The van der Waals surface area contributed by atoms with E-state index in [1.54, 1.807) is 17.8 Å². The molecule has 1 aromatic rings. The second-order valence-electron chi connectivity index (χ2n) is 12.8. The van der Waals surface area contributed by atoms with Gasteiger partial charge in [0.1, 0.15) is 12.2 Å². The van der Waals surface area contributed by atoms with Crippen LogP contribution < -0.4 is 21.6 Å². The van der Waals surface area contributed by atoms with E-state index in [-0.39, 0.29) is 29.7 Å². The number of carbonyl (C=O) groups is 1. The van der Waals surface area contributed by atoms with Crippen LogP contribution in [0.15, 0.2) is 12.4 Å². The Labute approximate surface area is 228 Å². The fourth-order valence-electron chi connectivity index (χ4n) is 7.54. The maximum Gasteiger partial charge on any atom is 0.404 e. The van der Waals surface area contributed by atoms with Crippen LogP contribution in [0.4, 0.5) is 17.6 Å². The molecule has 0 radical (unpaired) electrons. The molecule has 2 aliphatic carbocycles. The van der Waals surface area contributed by atoms with E-state index in [1.165, 1.54) is 0 Å². The summed E-state index contributed by atoms with van der Waals surface area (Å²) in [6.45, 7) is 2.77. The number of aryl methyl sites for hydroxylation is 1. The molecule has 3 heterocycles. The van der Waals surface area contributed by atoms with Crippen molar-refractivity contribution in [2.24, 2.45) is 36.6 Å². The number of halogens is 4. The molecule has 2 aliphatic heterocycles. The van der Waals surface area contributed by atoms with Crippen molar-refractivity contribution in [2.75, 3.05) is 6.54 Å². The average Bonchev–Trinajstić information content (AvgIpc) is 3.70. The lowest BCUT2D eigenvalue weighted by Gasteiger charge is -2.45. The van der Waals surface area contributed by atoms with Crippen molar-refractivity contribution in [3.8, 4) is 0 Å². The number of imidazole rings is 1. The summed E-state index contributed by atoms with van der Waals surface area (Å²) >= 11 is 0. The number of nitrogens with zero attached hydrogens (tertiary/aromatic N) is 2. The summed E-state index contributed by atoms with van der Waals surface area (Å²) in [7, 11) is 1.79. The molecule has 220 valence electrons. The molecule has 7 nitrogen and oxygen atoms in total. The summed E-state index contributed by atoms with van der Waals surface area (Å²) in [6, 6.07) is -2.66. The van der Waals surface area contributed by atoms with Crippen molar-refractivity contribution in [1.29, 1.82) is 5.41 Å². The van der Waals surface area contributed by atoms with E-state index in [1.807, 2.05) is 17.7 Å². The molecular formula is C28H44F4N6O. The van der Waals surface area contributed by atoms with Gasteiger partial charge in [-0.15, -0.1) is 0 Å².